The van der Waals surface area contributed by atoms with E-state index >= 15 is 0 Å². The number of anilines is 2. The number of hydrogen-bond acceptors (Lipinski definition) is 5. The normalized spacial score (nSPS) is 31.4. The molecule has 4 saturated carbocycles. The molecule has 0 aliphatic heterocycles. The van der Waals surface area contributed by atoms with Crippen LogP contribution >= 0.6 is 0 Å². The van der Waals surface area contributed by atoms with Crippen molar-refractivity contribution in [1.29, 1.82) is 0 Å². The zero-order chi connectivity index (χ0) is 37.3. The Morgan fingerprint density at radius 2 is 1.53 bits per heavy atom. The van der Waals surface area contributed by atoms with E-state index in [-0.39, 0.29) is 11.9 Å². The van der Waals surface area contributed by atoms with Crippen LogP contribution in [-0.2, 0) is 0 Å². The molecule has 0 aromatic heterocycles. The predicted octanol–water partition coefficient (Wildman–Crippen LogP) is 12.4. The largest absolute Gasteiger partial charge is 0.490 e. The van der Waals surface area contributed by atoms with Crippen LogP contribution < -0.4 is 20.9 Å². The van der Waals surface area contributed by atoms with Crippen molar-refractivity contribution in [3.63, 3.8) is 0 Å². The number of nitrogens with two attached hydrogens (primary N) is 2. The van der Waals surface area contributed by atoms with Crippen molar-refractivity contribution in [2.75, 3.05) is 11.5 Å². The third kappa shape index (κ3) is 7.91. The number of ether oxygens (including phenoxy) is 2. The topological polar surface area (TPSA) is 87.6 Å². The molecule has 284 valence electrons. The molecule has 0 radical (unpaired) electrons. The fourth-order valence-electron chi connectivity index (χ4n) is 11.9. The van der Waals surface area contributed by atoms with E-state index < -0.39 is 0 Å². The zero-order valence-electron chi connectivity index (χ0n) is 33.0. The second-order valence-electron chi connectivity index (χ2n) is 18.4. The molecule has 0 saturated heterocycles. The monoisotopic (exact) mass is 716 g/mol. The van der Waals surface area contributed by atoms with Crippen LogP contribution in [0.4, 0.5) is 11.4 Å². The molecule has 0 amide bonds. The Balaban J connectivity index is 0.902. The third-order valence-electron chi connectivity index (χ3n) is 14.8. The molecule has 5 nitrogen and oxygen atoms in total. The number of nitrogen functional groups attached to an aromatic ring is 2. The number of hydrogen-bond donors (Lipinski definition) is 2. The Morgan fingerprint density at radius 1 is 0.811 bits per heavy atom. The van der Waals surface area contributed by atoms with E-state index in [0.29, 0.717) is 39.3 Å². The lowest BCUT2D eigenvalue weighted by atomic mass is 9.44. The number of rotatable bonds is 12. The summed E-state index contributed by atoms with van der Waals surface area (Å²) in [6, 6.07) is 20.4. The van der Waals surface area contributed by atoms with E-state index in [0.717, 1.165) is 59.2 Å². The number of benzene rings is 3. The third-order valence-corrected chi connectivity index (χ3v) is 14.8. The summed E-state index contributed by atoms with van der Waals surface area (Å²) in [7, 11) is 0. The first kappa shape index (κ1) is 37.6. The van der Waals surface area contributed by atoms with Gasteiger partial charge in [0.2, 0.25) is 0 Å². The number of fused-ring (bicyclic) bond motifs is 5. The van der Waals surface area contributed by atoms with Gasteiger partial charge in [-0.15, -0.1) is 0 Å². The molecule has 0 bridgehead atoms. The highest BCUT2D eigenvalue weighted by Crippen LogP contribution is 2.68. The highest BCUT2D eigenvalue weighted by Gasteiger charge is 2.60. The van der Waals surface area contributed by atoms with E-state index in [1.807, 2.05) is 18.2 Å². The highest BCUT2D eigenvalue weighted by atomic mass is 16.5. The van der Waals surface area contributed by atoms with Gasteiger partial charge in [-0.25, -0.2) is 0 Å². The lowest BCUT2D eigenvalue weighted by Gasteiger charge is -2.61. The SMILES string of the molecule is CC(C)CCC[C@@H](C)[C@H]1CC[C@H]2[C@@H]3CCC4CC(Oc5ccc(C=CC(=O)c6ccc(Oc7ccc(N)cc7N)cc6)cc5)CC[C@]4(C)[C@H]3CC[C@]12C. The maximum Gasteiger partial charge on any atom is 0.185 e. The van der Waals surface area contributed by atoms with Crippen molar-refractivity contribution in [2.45, 2.75) is 118 Å². The summed E-state index contributed by atoms with van der Waals surface area (Å²) in [6.45, 7) is 12.7. The molecule has 4 fully saturated rings. The number of allylic oxidation sites excluding steroid dienone is 1. The van der Waals surface area contributed by atoms with E-state index in [9.17, 15) is 4.79 Å². The van der Waals surface area contributed by atoms with Gasteiger partial charge in [0.15, 0.2) is 5.78 Å². The molecular weight excluding hydrogens is 653 g/mol. The van der Waals surface area contributed by atoms with Crippen LogP contribution in [0.25, 0.3) is 6.08 Å². The lowest BCUT2D eigenvalue weighted by molar-refractivity contribution is -0.126. The van der Waals surface area contributed by atoms with E-state index in [1.165, 1.54) is 70.6 Å². The summed E-state index contributed by atoms with van der Waals surface area (Å²) < 4.78 is 12.5. The van der Waals surface area contributed by atoms with Crippen LogP contribution in [0.15, 0.2) is 72.8 Å². The Hall–Kier alpha value is -3.73. The standard InChI is InChI=1S/C48H64N2O3/c1-31(2)7-6-8-32(3)41-21-22-42-40-20-14-35-29-39(25-27-47(35,4)43(40)26-28-48(41,42)5)52-37-16-9-33(10-17-37)11-23-45(51)34-12-18-38(19-13-34)53-46-24-15-36(49)30-44(46)50/h9-13,15-19,23-24,30-32,35,39-43H,6-8,14,20-22,25-29,49-50H2,1-5H3/t32-,35?,39?,40+,41-,42+,43+,47+,48-/m1/s1. The lowest BCUT2D eigenvalue weighted by Crippen LogP contribution is -2.54. The summed E-state index contributed by atoms with van der Waals surface area (Å²) in [4.78, 5) is 12.9. The van der Waals surface area contributed by atoms with Crippen LogP contribution in [0.1, 0.15) is 128 Å². The highest BCUT2D eigenvalue weighted by molar-refractivity contribution is 6.06. The Bertz CT molecular complexity index is 1750. The van der Waals surface area contributed by atoms with Gasteiger partial charge in [-0.05, 0) is 176 Å². The number of carbonyl (C=O) groups excluding carboxylic acids is 1. The minimum Gasteiger partial charge on any atom is -0.490 e. The van der Waals surface area contributed by atoms with Gasteiger partial charge >= 0.3 is 0 Å². The van der Waals surface area contributed by atoms with Crippen molar-refractivity contribution < 1.29 is 14.3 Å². The first-order valence-corrected chi connectivity index (χ1v) is 20.8. The zero-order valence-corrected chi connectivity index (χ0v) is 33.0. The molecular formula is C48H64N2O3. The molecule has 0 heterocycles. The summed E-state index contributed by atoms with van der Waals surface area (Å²) in [5, 5.41) is 0. The van der Waals surface area contributed by atoms with Crippen molar-refractivity contribution in [1.82, 2.24) is 0 Å². The molecule has 9 atom stereocenters. The second-order valence-corrected chi connectivity index (χ2v) is 18.4. The van der Waals surface area contributed by atoms with Crippen LogP contribution in [-0.4, -0.2) is 11.9 Å². The fourth-order valence-corrected chi connectivity index (χ4v) is 11.9. The quantitative estimate of drug-likeness (QED) is 0.111. The van der Waals surface area contributed by atoms with Crippen LogP contribution in [0.2, 0.25) is 0 Å². The van der Waals surface area contributed by atoms with Gasteiger partial charge in [0, 0.05) is 11.3 Å². The maximum absolute atomic E-state index is 12.9. The average Bonchev–Trinajstić information content (AvgIpc) is 3.50. The van der Waals surface area contributed by atoms with Gasteiger partial charge in [-0.2, -0.15) is 0 Å². The fraction of sp³-hybridized carbons (Fsp3) is 0.562. The van der Waals surface area contributed by atoms with Crippen LogP contribution in [0, 0.1) is 52.3 Å². The minimum absolute atomic E-state index is 0.0640. The first-order chi connectivity index (χ1) is 25.4. The van der Waals surface area contributed by atoms with E-state index in [4.69, 9.17) is 20.9 Å². The molecule has 0 spiro atoms. The molecule has 3 aromatic rings. The Labute approximate surface area is 319 Å². The molecule has 2 unspecified atom stereocenters. The second kappa shape index (κ2) is 15.6. The van der Waals surface area contributed by atoms with E-state index in [1.54, 1.807) is 48.5 Å². The van der Waals surface area contributed by atoms with Crippen LogP contribution in [0.5, 0.6) is 17.2 Å². The molecule has 7 rings (SSSR count). The Morgan fingerprint density at radius 3 is 2.26 bits per heavy atom. The van der Waals surface area contributed by atoms with Gasteiger partial charge < -0.3 is 20.9 Å². The number of ketones is 1. The summed E-state index contributed by atoms with van der Waals surface area (Å²) in [6.07, 6.45) is 20.3. The smallest absolute Gasteiger partial charge is 0.185 e. The van der Waals surface area contributed by atoms with Gasteiger partial charge in [-0.3, -0.25) is 4.79 Å². The Kier molecular flexibility index (Phi) is 11.0. The van der Waals surface area contributed by atoms with Gasteiger partial charge in [-0.1, -0.05) is 72.1 Å². The summed E-state index contributed by atoms with van der Waals surface area (Å²) in [5.74, 6) is 8.16. The first-order valence-electron chi connectivity index (χ1n) is 20.8. The van der Waals surface area contributed by atoms with Gasteiger partial charge in [0.25, 0.3) is 0 Å². The average molecular weight is 717 g/mol. The molecule has 4 aliphatic rings. The number of carbonyl (C=O) groups is 1. The molecule has 53 heavy (non-hydrogen) atoms. The maximum atomic E-state index is 12.9. The van der Waals surface area contributed by atoms with Crippen LogP contribution in [0.3, 0.4) is 0 Å². The predicted molar refractivity (Wildman–Crippen MR) is 219 cm³/mol. The molecule has 5 heteroatoms. The van der Waals surface area contributed by atoms with Crippen molar-refractivity contribution >= 4 is 23.2 Å². The molecule has 4 aliphatic carbocycles. The van der Waals surface area contributed by atoms with Gasteiger partial charge in [0.1, 0.15) is 17.2 Å². The summed E-state index contributed by atoms with van der Waals surface area (Å²) >= 11 is 0. The molecule has 4 N–H and O–H groups in total. The van der Waals surface area contributed by atoms with Crippen molar-refractivity contribution in [2.24, 2.45) is 52.3 Å². The van der Waals surface area contributed by atoms with Gasteiger partial charge in [0.05, 0.1) is 11.8 Å². The van der Waals surface area contributed by atoms with E-state index in [2.05, 4.69) is 46.8 Å². The van der Waals surface area contributed by atoms with Crippen molar-refractivity contribution in [3.05, 3.63) is 83.9 Å². The minimum atomic E-state index is -0.0640. The summed E-state index contributed by atoms with van der Waals surface area (Å²) in [5.41, 5.74) is 15.4. The molecule has 3 aromatic carbocycles. The van der Waals surface area contributed by atoms with Crippen molar-refractivity contribution in [3.8, 4) is 17.2 Å².